The molecule has 1 aromatic carbocycles. The Morgan fingerprint density at radius 3 is 2.75 bits per heavy atom. The Labute approximate surface area is 126 Å². The highest BCUT2D eigenvalue weighted by atomic mass is 35.5. The number of aryl methyl sites for hydroxylation is 1. The number of benzene rings is 1. The van der Waals surface area contributed by atoms with Crippen LogP contribution in [0.25, 0.3) is 0 Å². The van der Waals surface area contributed by atoms with Crippen molar-refractivity contribution in [2.75, 3.05) is 13.1 Å². The highest BCUT2D eigenvalue weighted by Gasteiger charge is 2.33. The van der Waals surface area contributed by atoms with Gasteiger partial charge in [-0.2, -0.15) is 0 Å². The first-order valence-electron chi connectivity index (χ1n) is 7.35. The molecular weight excluding hydrogens is 272 g/mol. The van der Waals surface area contributed by atoms with E-state index in [4.69, 9.17) is 17.3 Å². The summed E-state index contributed by atoms with van der Waals surface area (Å²) in [5.74, 6) is 0.502. The molecule has 1 saturated carbocycles. The molecule has 1 aliphatic carbocycles. The van der Waals surface area contributed by atoms with Gasteiger partial charge in [-0.25, -0.2) is 0 Å². The highest BCUT2D eigenvalue weighted by Crippen LogP contribution is 2.30. The number of nitrogens with zero attached hydrogens (tertiary/aromatic N) is 1. The summed E-state index contributed by atoms with van der Waals surface area (Å²) in [6.45, 7) is 5.35. The lowest BCUT2D eigenvalue weighted by Crippen LogP contribution is -2.44. The Kier molecular flexibility index (Phi) is 5.06. The van der Waals surface area contributed by atoms with Gasteiger partial charge in [-0.15, -0.1) is 0 Å². The number of carbonyl (C=O) groups is 1. The lowest BCUT2D eigenvalue weighted by atomic mass is 10.0. The van der Waals surface area contributed by atoms with Crippen molar-refractivity contribution in [3.8, 4) is 0 Å². The van der Waals surface area contributed by atoms with Crippen LogP contribution in [-0.2, 0) is 0 Å². The summed E-state index contributed by atoms with van der Waals surface area (Å²) < 4.78 is 0. The molecule has 110 valence electrons. The Balaban J connectivity index is 2.24. The van der Waals surface area contributed by atoms with E-state index in [9.17, 15) is 4.79 Å². The van der Waals surface area contributed by atoms with E-state index in [1.54, 1.807) is 6.07 Å². The van der Waals surface area contributed by atoms with Gasteiger partial charge in [0, 0.05) is 23.2 Å². The molecule has 1 aliphatic rings. The minimum Gasteiger partial charge on any atom is -0.336 e. The first-order chi connectivity index (χ1) is 9.56. The Hall–Kier alpha value is -1.06. The molecule has 0 aromatic heterocycles. The van der Waals surface area contributed by atoms with E-state index < -0.39 is 0 Å². The number of carbonyl (C=O) groups excluding carboxylic acids is 1. The molecule has 0 aliphatic heterocycles. The smallest absolute Gasteiger partial charge is 0.254 e. The van der Waals surface area contributed by atoms with Crippen molar-refractivity contribution in [3.63, 3.8) is 0 Å². The van der Waals surface area contributed by atoms with Crippen molar-refractivity contribution in [2.24, 2.45) is 11.7 Å². The average Bonchev–Trinajstić information content (AvgIpc) is 2.86. The normalized spacial score (nSPS) is 22.0. The zero-order chi connectivity index (χ0) is 14.7. The molecular formula is C16H23ClN2O. The van der Waals surface area contributed by atoms with Crippen molar-refractivity contribution in [1.29, 1.82) is 0 Å². The molecule has 2 atom stereocenters. The molecule has 0 saturated heterocycles. The van der Waals surface area contributed by atoms with Crippen molar-refractivity contribution >= 4 is 17.5 Å². The lowest BCUT2D eigenvalue weighted by molar-refractivity contribution is 0.0652. The van der Waals surface area contributed by atoms with Gasteiger partial charge in [0.15, 0.2) is 0 Å². The Morgan fingerprint density at radius 1 is 1.40 bits per heavy atom. The molecule has 1 fully saturated rings. The minimum atomic E-state index is 0.0726. The number of hydrogen-bond donors (Lipinski definition) is 1. The molecule has 2 N–H and O–H groups in total. The van der Waals surface area contributed by atoms with E-state index in [-0.39, 0.29) is 11.9 Å². The van der Waals surface area contributed by atoms with Crippen LogP contribution in [0.4, 0.5) is 0 Å². The summed E-state index contributed by atoms with van der Waals surface area (Å²) in [5.41, 5.74) is 7.54. The van der Waals surface area contributed by atoms with Gasteiger partial charge in [0.25, 0.3) is 5.91 Å². The average molecular weight is 295 g/mol. The molecule has 2 unspecified atom stereocenters. The maximum Gasteiger partial charge on any atom is 0.254 e. The van der Waals surface area contributed by atoms with Gasteiger partial charge in [0.2, 0.25) is 0 Å². The molecule has 0 bridgehead atoms. The van der Waals surface area contributed by atoms with Crippen LogP contribution in [0.15, 0.2) is 18.2 Å². The van der Waals surface area contributed by atoms with E-state index in [1.165, 1.54) is 0 Å². The third-order valence-electron chi connectivity index (χ3n) is 4.21. The second kappa shape index (κ2) is 6.59. The molecule has 20 heavy (non-hydrogen) atoms. The van der Waals surface area contributed by atoms with Crippen LogP contribution in [0.2, 0.25) is 5.02 Å². The molecule has 0 radical (unpaired) electrons. The summed E-state index contributed by atoms with van der Waals surface area (Å²) in [6, 6.07) is 5.80. The zero-order valence-electron chi connectivity index (χ0n) is 12.2. The molecule has 4 heteroatoms. The predicted molar refractivity (Wildman–Crippen MR) is 83.1 cm³/mol. The van der Waals surface area contributed by atoms with Gasteiger partial charge in [-0.3, -0.25) is 4.79 Å². The monoisotopic (exact) mass is 294 g/mol. The largest absolute Gasteiger partial charge is 0.336 e. The molecule has 2 rings (SSSR count). The fourth-order valence-corrected chi connectivity index (χ4v) is 3.55. The van der Waals surface area contributed by atoms with Crippen LogP contribution in [-0.4, -0.2) is 29.9 Å². The van der Waals surface area contributed by atoms with Gasteiger partial charge >= 0.3 is 0 Å². The Bertz CT molecular complexity index is 469. The second-order valence-corrected chi connectivity index (χ2v) is 6.04. The maximum atomic E-state index is 12.8. The summed E-state index contributed by atoms with van der Waals surface area (Å²) >= 11 is 6.07. The fourth-order valence-electron chi connectivity index (χ4n) is 3.26. The van der Waals surface area contributed by atoms with Crippen molar-refractivity contribution in [2.45, 2.75) is 39.2 Å². The minimum absolute atomic E-state index is 0.0726. The standard InChI is InChI=1S/C16H23ClN2O/c1-3-19(15-6-4-5-12(15)10-18)16(20)13-7-11(2)8-14(17)9-13/h7-9,12,15H,3-6,10,18H2,1-2H3. The SMILES string of the molecule is CCN(C(=O)c1cc(C)cc(Cl)c1)C1CCCC1CN. The van der Waals surface area contributed by atoms with Crippen molar-refractivity contribution in [1.82, 2.24) is 4.90 Å². The molecule has 1 amide bonds. The fraction of sp³-hybridized carbons (Fsp3) is 0.562. The summed E-state index contributed by atoms with van der Waals surface area (Å²) in [4.78, 5) is 14.7. The first-order valence-corrected chi connectivity index (χ1v) is 7.72. The number of amides is 1. The molecule has 0 heterocycles. The quantitative estimate of drug-likeness (QED) is 0.926. The van der Waals surface area contributed by atoms with Gasteiger partial charge in [0.05, 0.1) is 0 Å². The topological polar surface area (TPSA) is 46.3 Å². The number of rotatable bonds is 4. The summed E-state index contributed by atoms with van der Waals surface area (Å²) in [6.07, 6.45) is 3.34. The molecule has 1 aromatic rings. The van der Waals surface area contributed by atoms with Crippen LogP contribution in [0, 0.1) is 12.8 Å². The van der Waals surface area contributed by atoms with E-state index in [2.05, 4.69) is 0 Å². The van der Waals surface area contributed by atoms with Crippen LogP contribution >= 0.6 is 11.6 Å². The summed E-state index contributed by atoms with van der Waals surface area (Å²) in [5, 5.41) is 0.617. The number of nitrogens with two attached hydrogens (primary N) is 1. The van der Waals surface area contributed by atoms with Crippen LogP contribution < -0.4 is 5.73 Å². The first kappa shape index (κ1) is 15.3. The second-order valence-electron chi connectivity index (χ2n) is 5.60. The highest BCUT2D eigenvalue weighted by molar-refractivity contribution is 6.31. The predicted octanol–water partition coefficient (Wildman–Crippen LogP) is 3.24. The molecule has 0 spiro atoms. The van der Waals surface area contributed by atoms with E-state index in [0.29, 0.717) is 29.6 Å². The van der Waals surface area contributed by atoms with Crippen LogP contribution in [0.1, 0.15) is 42.1 Å². The van der Waals surface area contributed by atoms with Gasteiger partial charge in [-0.1, -0.05) is 18.0 Å². The van der Waals surface area contributed by atoms with Crippen molar-refractivity contribution < 1.29 is 4.79 Å². The van der Waals surface area contributed by atoms with E-state index >= 15 is 0 Å². The third kappa shape index (κ3) is 3.15. The van der Waals surface area contributed by atoms with Gasteiger partial charge in [-0.05, 0) is 62.9 Å². The van der Waals surface area contributed by atoms with Gasteiger partial charge < -0.3 is 10.6 Å². The maximum absolute atomic E-state index is 12.8. The number of hydrogen-bond acceptors (Lipinski definition) is 2. The zero-order valence-corrected chi connectivity index (χ0v) is 13.0. The third-order valence-corrected chi connectivity index (χ3v) is 4.43. The number of halogens is 1. The van der Waals surface area contributed by atoms with Gasteiger partial charge in [0.1, 0.15) is 0 Å². The van der Waals surface area contributed by atoms with Crippen molar-refractivity contribution in [3.05, 3.63) is 34.3 Å². The van der Waals surface area contributed by atoms with E-state index in [0.717, 1.165) is 24.8 Å². The lowest BCUT2D eigenvalue weighted by Gasteiger charge is -2.32. The van der Waals surface area contributed by atoms with Crippen LogP contribution in [0.5, 0.6) is 0 Å². The summed E-state index contributed by atoms with van der Waals surface area (Å²) in [7, 11) is 0. The van der Waals surface area contributed by atoms with E-state index in [1.807, 2.05) is 30.9 Å². The van der Waals surface area contributed by atoms with Crippen LogP contribution in [0.3, 0.4) is 0 Å². The molecule has 3 nitrogen and oxygen atoms in total. The Morgan fingerprint density at radius 2 is 2.15 bits per heavy atom.